The highest BCUT2D eigenvalue weighted by atomic mass is 19.1. The third-order valence-corrected chi connectivity index (χ3v) is 5.54. The van der Waals surface area contributed by atoms with Crippen LogP contribution in [0.4, 0.5) is 4.39 Å². The van der Waals surface area contributed by atoms with Gasteiger partial charge in [0.2, 0.25) is 0 Å². The van der Waals surface area contributed by atoms with E-state index in [1.807, 2.05) is 51.1 Å². The van der Waals surface area contributed by atoms with Crippen molar-refractivity contribution in [1.82, 2.24) is 0 Å². The van der Waals surface area contributed by atoms with Gasteiger partial charge in [0.1, 0.15) is 5.67 Å². The molecule has 0 fully saturated rings. The third-order valence-electron chi connectivity index (χ3n) is 5.54. The number of benzene rings is 1. The van der Waals surface area contributed by atoms with E-state index in [4.69, 9.17) is 0 Å². The van der Waals surface area contributed by atoms with Gasteiger partial charge in [0.15, 0.2) is 0 Å². The Hall–Kier alpha value is -1.89. The molecule has 1 heteroatoms. The van der Waals surface area contributed by atoms with Crippen LogP contribution in [0.25, 0.3) is 5.57 Å². The Kier molecular flexibility index (Phi) is 9.14. The first kappa shape index (κ1) is 24.1. The molecule has 0 aliphatic heterocycles. The fraction of sp³-hybridized carbons (Fsp3) is 0.481. The molecule has 0 amide bonds. The molecule has 0 bridgehead atoms. The Balaban J connectivity index is 3.63. The maximum absolute atomic E-state index is 15.9. The second-order valence-corrected chi connectivity index (χ2v) is 8.54. The van der Waals surface area contributed by atoms with Gasteiger partial charge in [0.25, 0.3) is 0 Å². The van der Waals surface area contributed by atoms with Gasteiger partial charge < -0.3 is 0 Å². The first-order valence-corrected chi connectivity index (χ1v) is 10.7. The van der Waals surface area contributed by atoms with Gasteiger partial charge in [0.05, 0.1) is 0 Å². The lowest BCUT2D eigenvalue weighted by Crippen LogP contribution is -2.33. The van der Waals surface area contributed by atoms with Gasteiger partial charge in [-0.25, -0.2) is 4.39 Å². The molecular weight excluding hydrogens is 343 g/mol. The fourth-order valence-electron chi connectivity index (χ4n) is 3.26. The SMILES string of the molecule is C=C\C(=C/C(=C/CCC)C(=C\CC)/CC)c1ccccc1C(C)(F)C(C)(C)C. The number of allylic oxidation sites excluding steroid dienone is 7. The number of unbranched alkanes of at least 4 members (excludes halogenated alkanes) is 1. The second kappa shape index (κ2) is 10.6. The van der Waals surface area contributed by atoms with Crippen molar-refractivity contribution in [2.45, 2.75) is 79.8 Å². The minimum absolute atomic E-state index is 0.507. The van der Waals surface area contributed by atoms with E-state index in [1.165, 1.54) is 11.1 Å². The Morgan fingerprint density at radius 1 is 1.04 bits per heavy atom. The highest BCUT2D eigenvalue weighted by molar-refractivity contribution is 5.79. The maximum Gasteiger partial charge on any atom is 0.138 e. The van der Waals surface area contributed by atoms with Crippen LogP contribution in [0.2, 0.25) is 0 Å². The molecule has 1 atom stereocenters. The molecule has 0 saturated heterocycles. The van der Waals surface area contributed by atoms with Crippen LogP contribution in [-0.4, -0.2) is 0 Å². The van der Waals surface area contributed by atoms with E-state index < -0.39 is 11.1 Å². The second-order valence-electron chi connectivity index (χ2n) is 8.54. The highest BCUT2D eigenvalue weighted by Crippen LogP contribution is 2.45. The molecule has 28 heavy (non-hydrogen) atoms. The summed E-state index contributed by atoms with van der Waals surface area (Å²) >= 11 is 0. The molecule has 154 valence electrons. The molecule has 0 aliphatic carbocycles. The summed E-state index contributed by atoms with van der Waals surface area (Å²) in [6, 6.07) is 7.83. The first-order valence-electron chi connectivity index (χ1n) is 10.7. The van der Waals surface area contributed by atoms with Gasteiger partial charge >= 0.3 is 0 Å². The smallest absolute Gasteiger partial charge is 0.138 e. The number of hydrogen-bond donors (Lipinski definition) is 0. The molecule has 1 aromatic rings. The van der Waals surface area contributed by atoms with Crippen LogP contribution in [0, 0.1) is 5.41 Å². The van der Waals surface area contributed by atoms with Crippen LogP contribution in [0.3, 0.4) is 0 Å². The predicted octanol–water partition coefficient (Wildman–Crippen LogP) is 8.96. The van der Waals surface area contributed by atoms with E-state index in [2.05, 4.69) is 45.6 Å². The minimum atomic E-state index is -1.45. The van der Waals surface area contributed by atoms with Gasteiger partial charge in [0, 0.05) is 0 Å². The van der Waals surface area contributed by atoms with Crippen molar-refractivity contribution >= 4 is 5.57 Å². The zero-order valence-corrected chi connectivity index (χ0v) is 19.0. The van der Waals surface area contributed by atoms with E-state index in [-0.39, 0.29) is 0 Å². The van der Waals surface area contributed by atoms with Crippen LogP contribution >= 0.6 is 0 Å². The number of rotatable bonds is 9. The van der Waals surface area contributed by atoms with E-state index in [0.29, 0.717) is 0 Å². The molecule has 0 heterocycles. The molecule has 0 nitrogen and oxygen atoms in total. The van der Waals surface area contributed by atoms with E-state index in [1.54, 1.807) is 6.92 Å². The maximum atomic E-state index is 15.9. The van der Waals surface area contributed by atoms with E-state index in [9.17, 15) is 0 Å². The molecule has 0 aliphatic rings. The van der Waals surface area contributed by atoms with Crippen LogP contribution < -0.4 is 0 Å². The zero-order chi connectivity index (χ0) is 21.4. The Morgan fingerprint density at radius 3 is 2.18 bits per heavy atom. The van der Waals surface area contributed by atoms with Crippen LogP contribution in [0.15, 0.2) is 66.3 Å². The molecule has 0 N–H and O–H groups in total. The molecule has 1 rings (SSSR count). The Morgan fingerprint density at radius 2 is 1.68 bits per heavy atom. The normalized spacial score (nSPS) is 16.1. The molecule has 1 unspecified atom stereocenters. The van der Waals surface area contributed by atoms with E-state index in [0.717, 1.165) is 42.4 Å². The molecule has 0 aromatic heterocycles. The van der Waals surface area contributed by atoms with Crippen molar-refractivity contribution in [3.8, 4) is 0 Å². The third kappa shape index (κ3) is 5.80. The predicted molar refractivity (Wildman–Crippen MR) is 124 cm³/mol. The Bertz CT molecular complexity index is 736. The summed E-state index contributed by atoms with van der Waals surface area (Å²) < 4.78 is 15.9. The molecule has 1 aromatic carbocycles. The van der Waals surface area contributed by atoms with Crippen LogP contribution in [-0.2, 0) is 5.67 Å². The monoisotopic (exact) mass is 382 g/mol. The van der Waals surface area contributed by atoms with Gasteiger partial charge in [-0.3, -0.25) is 0 Å². The van der Waals surface area contributed by atoms with Crippen LogP contribution in [0.5, 0.6) is 0 Å². The highest BCUT2D eigenvalue weighted by Gasteiger charge is 2.40. The van der Waals surface area contributed by atoms with Crippen molar-refractivity contribution in [1.29, 1.82) is 0 Å². The van der Waals surface area contributed by atoms with Crippen molar-refractivity contribution in [3.63, 3.8) is 0 Å². The van der Waals surface area contributed by atoms with Crippen molar-refractivity contribution in [2.24, 2.45) is 5.41 Å². The summed E-state index contributed by atoms with van der Waals surface area (Å²) in [4.78, 5) is 0. The molecule has 0 saturated carbocycles. The Labute approximate surface area is 173 Å². The van der Waals surface area contributed by atoms with Crippen molar-refractivity contribution in [3.05, 3.63) is 77.4 Å². The fourth-order valence-corrected chi connectivity index (χ4v) is 3.26. The summed E-state index contributed by atoms with van der Waals surface area (Å²) in [6.45, 7) is 18.1. The minimum Gasteiger partial charge on any atom is -0.238 e. The van der Waals surface area contributed by atoms with Gasteiger partial charge in [-0.1, -0.05) is 97.0 Å². The lowest BCUT2D eigenvalue weighted by Gasteiger charge is -2.36. The van der Waals surface area contributed by atoms with Gasteiger partial charge in [-0.05, 0) is 65.5 Å². The summed E-state index contributed by atoms with van der Waals surface area (Å²) in [6.07, 6.45) is 12.8. The lowest BCUT2D eigenvalue weighted by molar-refractivity contribution is 0.0450. The number of halogens is 1. The average molecular weight is 383 g/mol. The van der Waals surface area contributed by atoms with Crippen LogP contribution in [0.1, 0.15) is 85.3 Å². The van der Waals surface area contributed by atoms with Gasteiger partial charge in [-0.2, -0.15) is 0 Å². The molecule has 0 radical (unpaired) electrons. The van der Waals surface area contributed by atoms with Crippen molar-refractivity contribution < 1.29 is 4.39 Å². The van der Waals surface area contributed by atoms with Gasteiger partial charge in [-0.15, -0.1) is 0 Å². The zero-order valence-electron chi connectivity index (χ0n) is 19.0. The average Bonchev–Trinajstić information content (AvgIpc) is 2.66. The summed E-state index contributed by atoms with van der Waals surface area (Å²) in [5, 5.41) is 0. The summed E-state index contributed by atoms with van der Waals surface area (Å²) in [7, 11) is 0. The topological polar surface area (TPSA) is 0 Å². The largest absolute Gasteiger partial charge is 0.238 e. The summed E-state index contributed by atoms with van der Waals surface area (Å²) in [5.74, 6) is 0. The quantitative estimate of drug-likeness (QED) is 0.374. The molecule has 0 spiro atoms. The number of alkyl halides is 1. The first-order chi connectivity index (χ1) is 13.1. The lowest BCUT2D eigenvalue weighted by atomic mass is 9.72. The van der Waals surface area contributed by atoms with Crippen molar-refractivity contribution in [2.75, 3.05) is 0 Å². The number of hydrogen-bond acceptors (Lipinski definition) is 0. The standard InChI is InChI=1S/C27H39F/c1-9-13-17-23(21(11-3)16-10-2)20-22(12-4)24-18-14-15-19-25(24)27(8,28)26(5,6)7/h12,14-20H,4,9-11,13H2,1-3,5-8H3/b21-16-,22-20+,23-17-. The van der Waals surface area contributed by atoms with E-state index >= 15 is 4.39 Å². The summed E-state index contributed by atoms with van der Waals surface area (Å²) in [5.41, 5.74) is 3.23. The molecular formula is C27H39F.